The number of carbonyl (C=O) groups excluding carboxylic acids is 1. The van der Waals surface area contributed by atoms with E-state index in [1.807, 2.05) is 12.1 Å². The van der Waals surface area contributed by atoms with Gasteiger partial charge in [0, 0.05) is 35.8 Å². The monoisotopic (exact) mass is 382 g/mol. The SMILES string of the molecule is Cc1ccc(SCCNC(=O)c2ccc(CN3CCC[C@@H](C)C3)cc2)cc1. The van der Waals surface area contributed by atoms with E-state index >= 15 is 0 Å². The number of carbonyl (C=O) groups is 1. The quantitative estimate of drug-likeness (QED) is 0.554. The molecule has 1 fully saturated rings. The fourth-order valence-corrected chi connectivity index (χ4v) is 4.29. The Morgan fingerprint density at radius 1 is 1.15 bits per heavy atom. The molecule has 1 heterocycles. The van der Waals surface area contributed by atoms with Crippen molar-refractivity contribution in [3.8, 4) is 0 Å². The third kappa shape index (κ3) is 6.40. The summed E-state index contributed by atoms with van der Waals surface area (Å²) in [7, 11) is 0. The van der Waals surface area contributed by atoms with Gasteiger partial charge in [0.2, 0.25) is 0 Å². The smallest absolute Gasteiger partial charge is 0.251 e. The average Bonchev–Trinajstić information content (AvgIpc) is 2.67. The molecule has 1 aliphatic heterocycles. The maximum atomic E-state index is 12.3. The zero-order chi connectivity index (χ0) is 19.1. The molecule has 144 valence electrons. The van der Waals surface area contributed by atoms with E-state index in [4.69, 9.17) is 0 Å². The second kappa shape index (κ2) is 9.95. The summed E-state index contributed by atoms with van der Waals surface area (Å²) in [6.07, 6.45) is 2.64. The van der Waals surface area contributed by atoms with Crippen LogP contribution in [0.5, 0.6) is 0 Å². The maximum Gasteiger partial charge on any atom is 0.251 e. The highest BCUT2D eigenvalue weighted by molar-refractivity contribution is 7.99. The summed E-state index contributed by atoms with van der Waals surface area (Å²) in [6.45, 7) is 8.44. The van der Waals surface area contributed by atoms with Crippen molar-refractivity contribution in [3.05, 3.63) is 65.2 Å². The van der Waals surface area contributed by atoms with Crippen molar-refractivity contribution >= 4 is 17.7 Å². The van der Waals surface area contributed by atoms with E-state index in [2.05, 4.69) is 60.5 Å². The summed E-state index contributed by atoms with van der Waals surface area (Å²) in [5, 5.41) is 3.02. The molecule has 2 aromatic rings. The van der Waals surface area contributed by atoms with Gasteiger partial charge in [0.15, 0.2) is 0 Å². The highest BCUT2D eigenvalue weighted by Gasteiger charge is 2.16. The molecule has 1 atom stereocenters. The Balaban J connectivity index is 1.41. The fraction of sp³-hybridized carbons (Fsp3) is 0.435. The van der Waals surface area contributed by atoms with Crippen molar-refractivity contribution < 1.29 is 4.79 Å². The van der Waals surface area contributed by atoms with Gasteiger partial charge in [-0.3, -0.25) is 9.69 Å². The summed E-state index contributed by atoms with van der Waals surface area (Å²) >= 11 is 1.77. The predicted octanol–water partition coefficient (Wildman–Crippen LogP) is 4.75. The fourth-order valence-electron chi connectivity index (χ4n) is 3.52. The van der Waals surface area contributed by atoms with Crippen LogP contribution >= 0.6 is 11.8 Å². The van der Waals surface area contributed by atoms with Crippen LogP contribution in [-0.4, -0.2) is 36.2 Å². The molecule has 27 heavy (non-hydrogen) atoms. The van der Waals surface area contributed by atoms with Crippen molar-refractivity contribution in [1.29, 1.82) is 0 Å². The molecule has 3 rings (SSSR count). The number of rotatable bonds is 7. The van der Waals surface area contributed by atoms with Gasteiger partial charge in [0.05, 0.1) is 0 Å². The van der Waals surface area contributed by atoms with Crippen LogP contribution in [0.25, 0.3) is 0 Å². The first-order valence-electron chi connectivity index (χ1n) is 9.89. The van der Waals surface area contributed by atoms with Gasteiger partial charge in [-0.1, -0.05) is 36.8 Å². The number of piperidine rings is 1. The van der Waals surface area contributed by atoms with Gasteiger partial charge in [-0.05, 0) is 62.1 Å². The number of benzene rings is 2. The van der Waals surface area contributed by atoms with Gasteiger partial charge in [-0.15, -0.1) is 11.8 Å². The van der Waals surface area contributed by atoms with E-state index in [0.717, 1.165) is 23.8 Å². The molecule has 0 saturated carbocycles. The highest BCUT2D eigenvalue weighted by Crippen LogP contribution is 2.19. The topological polar surface area (TPSA) is 32.3 Å². The third-order valence-electron chi connectivity index (χ3n) is 5.04. The summed E-state index contributed by atoms with van der Waals surface area (Å²) in [6, 6.07) is 16.6. The molecule has 1 aliphatic rings. The van der Waals surface area contributed by atoms with Crippen molar-refractivity contribution in [2.24, 2.45) is 5.92 Å². The number of aryl methyl sites for hydroxylation is 1. The van der Waals surface area contributed by atoms with Crippen LogP contribution in [0, 0.1) is 12.8 Å². The molecule has 0 unspecified atom stereocenters. The molecule has 0 aromatic heterocycles. The van der Waals surface area contributed by atoms with Gasteiger partial charge >= 0.3 is 0 Å². The Labute approximate surface area is 167 Å². The Morgan fingerprint density at radius 3 is 2.59 bits per heavy atom. The standard InChI is InChI=1S/C23H30N2OS/c1-18-5-11-22(12-6-18)27-15-13-24-23(26)21-9-7-20(8-10-21)17-25-14-3-4-19(2)16-25/h5-12,19H,3-4,13-17H2,1-2H3,(H,24,26)/t19-/m1/s1. The number of amides is 1. The number of hydrogen-bond donors (Lipinski definition) is 1. The lowest BCUT2D eigenvalue weighted by molar-refractivity contribution is 0.0956. The van der Waals surface area contributed by atoms with Crippen molar-refractivity contribution in [3.63, 3.8) is 0 Å². The van der Waals surface area contributed by atoms with Crippen LogP contribution in [-0.2, 0) is 6.54 Å². The number of nitrogens with one attached hydrogen (secondary N) is 1. The van der Waals surface area contributed by atoms with Gasteiger partial charge in [-0.2, -0.15) is 0 Å². The second-order valence-electron chi connectivity index (χ2n) is 7.60. The molecule has 3 nitrogen and oxygen atoms in total. The Hall–Kier alpha value is -1.78. The minimum absolute atomic E-state index is 0.0117. The Bertz CT molecular complexity index is 727. The van der Waals surface area contributed by atoms with E-state index in [0.29, 0.717) is 6.54 Å². The summed E-state index contributed by atoms with van der Waals surface area (Å²) in [5.74, 6) is 1.68. The lowest BCUT2D eigenvalue weighted by Gasteiger charge is -2.30. The van der Waals surface area contributed by atoms with E-state index < -0.39 is 0 Å². The van der Waals surface area contributed by atoms with Crippen molar-refractivity contribution in [2.45, 2.75) is 38.1 Å². The molecule has 4 heteroatoms. The maximum absolute atomic E-state index is 12.3. The molecule has 0 aliphatic carbocycles. The Morgan fingerprint density at radius 2 is 1.89 bits per heavy atom. The predicted molar refractivity (Wildman–Crippen MR) is 114 cm³/mol. The number of thioether (sulfide) groups is 1. The van der Waals surface area contributed by atoms with Crippen LogP contribution in [0.15, 0.2) is 53.4 Å². The van der Waals surface area contributed by atoms with Crippen LogP contribution in [0.4, 0.5) is 0 Å². The van der Waals surface area contributed by atoms with Crippen LogP contribution < -0.4 is 5.32 Å². The van der Waals surface area contributed by atoms with E-state index in [9.17, 15) is 4.79 Å². The van der Waals surface area contributed by atoms with Crippen molar-refractivity contribution in [1.82, 2.24) is 10.2 Å². The van der Waals surface area contributed by atoms with E-state index in [-0.39, 0.29) is 5.91 Å². The zero-order valence-electron chi connectivity index (χ0n) is 16.4. The molecule has 2 aromatic carbocycles. The molecule has 1 amide bonds. The minimum Gasteiger partial charge on any atom is -0.351 e. The van der Waals surface area contributed by atoms with Gasteiger partial charge in [0.1, 0.15) is 0 Å². The first kappa shape index (κ1) is 20.0. The molecule has 0 bridgehead atoms. The van der Waals surface area contributed by atoms with Gasteiger partial charge in [0.25, 0.3) is 5.91 Å². The molecular weight excluding hydrogens is 352 g/mol. The molecule has 1 N–H and O–H groups in total. The minimum atomic E-state index is 0.0117. The summed E-state index contributed by atoms with van der Waals surface area (Å²) < 4.78 is 0. The number of hydrogen-bond acceptors (Lipinski definition) is 3. The van der Waals surface area contributed by atoms with Gasteiger partial charge in [-0.25, -0.2) is 0 Å². The van der Waals surface area contributed by atoms with Crippen LogP contribution in [0.2, 0.25) is 0 Å². The normalized spacial score (nSPS) is 17.6. The summed E-state index contributed by atoms with van der Waals surface area (Å²) in [4.78, 5) is 16.1. The number of likely N-dealkylation sites (tertiary alicyclic amines) is 1. The van der Waals surface area contributed by atoms with Crippen molar-refractivity contribution in [2.75, 3.05) is 25.4 Å². The average molecular weight is 383 g/mol. The molecule has 1 saturated heterocycles. The van der Waals surface area contributed by atoms with E-state index in [1.165, 1.54) is 42.0 Å². The summed E-state index contributed by atoms with van der Waals surface area (Å²) in [5.41, 5.74) is 3.30. The lowest BCUT2D eigenvalue weighted by atomic mass is 9.99. The van der Waals surface area contributed by atoms with E-state index in [1.54, 1.807) is 11.8 Å². The molecule has 0 spiro atoms. The third-order valence-corrected chi connectivity index (χ3v) is 6.05. The zero-order valence-corrected chi connectivity index (χ0v) is 17.2. The second-order valence-corrected chi connectivity index (χ2v) is 8.77. The first-order chi connectivity index (χ1) is 13.1. The molecular formula is C23H30N2OS. The first-order valence-corrected chi connectivity index (χ1v) is 10.9. The number of nitrogens with zero attached hydrogens (tertiary/aromatic N) is 1. The Kier molecular flexibility index (Phi) is 7.36. The lowest BCUT2D eigenvalue weighted by Crippen LogP contribution is -2.33. The van der Waals surface area contributed by atoms with Crippen LogP contribution in [0.1, 0.15) is 41.3 Å². The highest BCUT2D eigenvalue weighted by atomic mass is 32.2. The largest absolute Gasteiger partial charge is 0.351 e. The van der Waals surface area contributed by atoms with Crippen LogP contribution in [0.3, 0.4) is 0 Å². The van der Waals surface area contributed by atoms with Gasteiger partial charge < -0.3 is 5.32 Å². The molecule has 0 radical (unpaired) electrons.